The normalized spacial score (nSPS) is 11.8. The van der Waals surface area contributed by atoms with Gasteiger partial charge in [-0.2, -0.15) is 11.7 Å². The van der Waals surface area contributed by atoms with Gasteiger partial charge in [0.05, 0.1) is 5.75 Å². The first-order chi connectivity index (χ1) is 4.62. The first-order valence-electron chi connectivity index (χ1n) is 3.15. The Hall–Kier alpha value is 0.390. The van der Waals surface area contributed by atoms with Crippen LogP contribution in [-0.4, -0.2) is 14.2 Å². The van der Waals surface area contributed by atoms with Crippen molar-refractivity contribution in [1.29, 1.82) is 0 Å². The zero-order valence-electron chi connectivity index (χ0n) is 5.84. The summed E-state index contributed by atoms with van der Waals surface area (Å²) < 4.78 is 25.3. The highest BCUT2D eigenvalue weighted by Crippen LogP contribution is 2.03. The minimum absolute atomic E-state index is 0.103. The van der Waals surface area contributed by atoms with Gasteiger partial charge >= 0.3 is 0 Å². The molecule has 10 heavy (non-hydrogen) atoms. The van der Waals surface area contributed by atoms with Crippen LogP contribution < -0.4 is 0 Å². The van der Waals surface area contributed by atoms with E-state index in [1.165, 1.54) is 0 Å². The van der Waals surface area contributed by atoms with Crippen molar-refractivity contribution in [2.45, 2.75) is 26.2 Å². The van der Waals surface area contributed by atoms with Gasteiger partial charge in [0.25, 0.3) is 10.1 Å². The fourth-order valence-electron chi connectivity index (χ4n) is 0.560. The summed E-state index contributed by atoms with van der Waals surface area (Å²) in [5.41, 5.74) is 0. The second-order valence-electron chi connectivity index (χ2n) is 2.03. The molecular formula is C5H11BrO3S. The highest BCUT2D eigenvalue weighted by Gasteiger charge is 2.07. The summed E-state index contributed by atoms with van der Waals surface area (Å²) >= 11 is 2.44. The number of unbranched alkanes of at least 4 members (excludes halogenated alkanes) is 2. The van der Waals surface area contributed by atoms with Gasteiger partial charge in [0.1, 0.15) is 16.3 Å². The van der Waals surface area contributed by atoms with Crippen molar-refractivity contribution >= 4 is 26.4 Å². The smallest absolute Gasteiger partial charge is 0.199 e. The van der Waals surface area contributed by atoms with Gasteiger partial charge in [0.2, 0.25) is 0 Å². The van der Waals surface area contributed by atoms with Gasteiger partial charge in [0, 0.05) is 0 Å². The number of hydrogen-bond acceptors (Lipinski definition) is 3. The highest BCUT2D eigenvalue weighted by atomic mass is 79.9. The lowest BCUT2D eigenvalue weighted by atomic mass is 10.3. The van der Waals surface area contributed by atoms with Crippen LogP contribution in [0.1, 0.15) is 26.2 Å². The third-order valence-corrected chi connectivity index (χ3v) is 3.28. The third-order valence-electron chi connectivity index (χ3n) is 1.09. The van der Waals surface area contributed by atoms with Gasteiger partial charge in [-0.3, -0.25) is 0 Å². The van der Waals surface area contributed by atoms with Crippen LogP contribution >= 0.6 is 16.3 Å². The number of halogens is 1. The summed E-state index contributed by atoms with van der Waals surface area (Å²) in [6.45, 7) is 2.02. The van der Waals surface area contributed by atoms with Crippen LogP contribution in [0.15, 0.2) is 0 Å². The molecule has 0 aromatic heterocycles. The Kier molecular flexibility index (Phi) is 5.29. The van der Waals surface area contributed by atoms with Crippen LogP contribution in [0.4, 0.5) is 0 Å². The number of hydrogen-bond donors (Lipinski definition) is 0. The van der Waals surface area contributed by atoms with Gasteiger partial charge in [-0.15, -0.1) is 0 Å². The van der Waals surface area contributed by atoms with Gasteiger partial charge in [-0.25, -0.2) is 0 Å². The van der Waals surface area contributed by atoms with E-state index in [1.807, 2.05) is 6.92 Å². The Bertz CT molecular complexity index is 164. The molecular weight excluding hydrogens is 220 g/mol. The standard InChI is InChI=1S/C5H11BrO3S/c1-2-3-4-5-10(7,8)9-6/h2-5H2,1H3. The molecule has 0 aliphatic carbocycles. The molecule has 0 N–H and O–H groups in total. The molecule has 0 heterocycles. The molecule has 0 unspecified atom stereocenters. The summed E-state index contributed by atoms with van der Waals surface area (Å²) in [4.78, 5) is 0. The van der Waals surface area contributed by atoms with Gasteiger partial charge < -0.3 is 0 Å². The maximum atomic E-state index is 10.6. The Labute approximate surface area is 70.3 Å². The second-order valence-corrected chi connectivity index (χ2v) is 4.47. The SMILES string of the molecule is CCCCCS(=O)(=O)OBr. The Morgan fingerprint density at radius 2 is 2.00 bits per heavy atom. The molecule has 0 aliphatic rings. The van der Waals surface area contributed by atoms with Gasteiger partial charge in [-0.1, -0.05) is 19.8 Å². The van der Waals surface area contributed by atoms with Crippen molar-refractivity contribution in [1.82, 2.24) is 0 Å². The summed E-state index contributed by atoms with van der Waals surface area (Å²) in [5, 5.41) is 0. The van der Waals surface area contributed by atoms with E-state index in [2.05, 4.69) is 19.5 Å². The molecule has 0 radical (unpaired) electrons. The van der Waals surface area contributed by atoms with Crippen molar-refractivity contribution in [2.24, 2.45) is 0 Å². The molecule has 0 bridgehead atoms. The lowest BCUT2D eigenvalue weighted by molar-refractivity contribution is 0.522. The van der Waals surface area contributed by atoms with E-state index < -0.39 is 10.1 Å². The molecule has 0 spiro atoms. The van der Waals surface area contributed by atoms with E-state index in [0.29, 0.717) is 6.42 Å². The van der Waals surface area contributed by atoms with E-state index in [1.54, 1.807) is 0 Å². The molecule has 0 saturated heterocycles. The molecule has 0 aromatic rings. The monoisotopic (exact) mass is 230 g/mol. The van der Waals surface area contributed by atoms with Crippen molar-refractivity contribution < 1.29 is 11.7 Å². The van der Waals surface area contributed by atoms with E-state index in [-0.39, 0.29) is 5.75 Å². The summed E-state index contributed by atoms with van der Waals surface area (Å²) in [6, 6.07) is 0. The predicted molar refractivity (Wildman–Crippen MR) is 43.3 cm³/mol. The van der Waals surface area contributed by atoms with Crippen LogP contribution in [0.5, 0.6) is 0 Å². The molecule has 0 saturated carbocycles. The first-order valence-corrected chi connectivity index (χ1v) is 5.37. The lowest BCUT2D eigenvalue weighted by Gasteiger charge is -1.96. The maximum absolute atomic E-state index is 10.6. The van der Waals surface area contributed by atoms with Crippen LogP contribution in [0.3, 0.4) is 0 Å². The van der Waals surface area contributed by atoms with Crippen LogP contribution in [0, 0.1) is 0 Å². The molecule has 5 heteroatoms. The Morgan fingerprint density at radius 1 is 1.40 bits per heavy atom. The zero-order valence-corrected chi connectivity index (χ0v) is 8.24. The van der Waals surface area contributed by atoms with Crippen molar-refractivity contribution in [3.05, 3.63) is 0 Å². The second kappa shape index (κ2) is 5.09. The maximum Gasteiger partial charge on any atom is 0.277 e. The lowest BCUT2D eigenvalue weighted by Crippen LogP contribution is -2.04. The summed E-state index contributed by atoms with van der Waals surface area (Å²) in [6.07, 6.45) is 2.61. The van der Waals surface area contributed by atoms with Crippen molar-refractivity contribution in [3.8, 4) is 0 Å². The average molecular weight is 231 g/mol. The minimum Gasteiger partial charge on any atom is -0.199 e. The molecule has 3 nitrogen and oxygen atoms in total. The van der Waals surface area contributed by atoms with Crippen LogP contribution in [0.2, 0.25) is 0 Å². The highest BCUT2D eigenvalue weighted by molar-refractivity contribution is 9.06. The number of rotatable bonds is 5. The molecule has 0 aromatic carbocycles. The van der Waals surface area contributed by atoms with Gasteiger partial charge in [-0.05, 0) is 6.42 Å². The largest absolute Gasteiger partial charge is 0.277 e. The molecule has 62 valence electrons. The van der Waals surface area contributed by atoms with Crippen LogP contribution in [0.25, 0.3) is 0 Å². The van der Waals surface area contributed by atoms with Crippen molar-refractivity contribution in [3.63, 3.8) is 0 Å². The van der Waals surface area contributed by atoms with E-state index in [0.717, 1.165) is 12.8 Å². The van der Waals surface area contributed by atoms with Gasteiger partial charge in [0.15, 0.2) is 0 Å². The molecule has 0 amide bonds. The summed E-state index contributed by atoms with van der Waals surface area (Å²) in [7, 11) is -3.28. The molecule has 0 aliphatic heterocycles. The fourth-order valence-corrected chi connectivity index (χ4v) is 1.58. The van der Waals surface area contributed by atoms with Crippen LogP contribution in [-0.2, 0) is 13.4 Å². The topological polar surface area (TPSA) is 43.4 Å². The first kappa shape index (κ1) is 10.4. The Morgan fingerprint density at radius 3 is 2.40 bits per heavy atom. The van der Waals surface area contributed by atoms with E-state index in [4.69, 9.17) is 0 Å². The quantitative estimate of drug-likeness (QED) is 0.678. The fraction of sp³-hybridized carbons (Fsp3) is 1.00. The average Bonchev–Trinajstić information content (AvgIpc) is 1.89. The minimum atomic E-state index is -3.28. The molecule has 0 rings (SSSR count). The van der Waals surface area contributed by atoms with E-state index in [9.17, 15) is 8.42 Å². The molecule has 0 fully saturated rings. The zero-order chi connectivity index (χ0) is 8.04. The third kappa shape index (κ3) is 5.20. The predicted octanol–water partition coefficient (Wildman–Crippen LogP) is 1.83. The molecule has 0 atom stereocenters. The summed E-state index contributed by atoms with van der Waals surface area (Å²) in [5.74, 6) is 0.103. The van der Waals surface area contributed by atoms with E-state index >= 15 is 0 Å². The van der Waals surface area contributed by atoms with Crippen molar-refractivity contribution in [2.75, 3.05) is 5.75 Å². The Balaban J connectivity index is 3.49.